The maximum atomic E-state index is 13.1. The van der Waals surface area contributed by atoms with Crippen molar-refractivity contribution in [3.8, 4) is 0 Å². The summed E-state index contributed by atoms with van der Waals surface area (Å²) in [5.41, 5.74) is 0.805. The number of piperazine rings is 1. The number of hydrogen-bond donors (Lipinski definition) is 0. The van der Waals surface area contributed by atoms with Gasteiger partial charge in [-0.3, -0.25) is 9.88 Å². The fraction of sp³-hybridized carbons (Fsp3) is 0.706. The molecule has 0 radical (unpaired) electrons. The quantitative estimate of drug-likeness (QED) is 0.827. The van der Waals surface area contributed by atoms with E-state index in [4.69, 9.17) is 0 Å². The molecule has 6 nitrogen and oxygen atoms in total. The Hall–Kier alpha value is -1.18. The van der Waals surface area contributed by atoms with Gasteiger partial charge >= 0.3 is 0 Å². The first-order valence-corrected chi connectivity index (χ1v) is 10.4. The minimum atomic E-state index is -3.46. The number of hydrogen-bond acceptors (Lipinski definition) is 5. The van der Waals surface area contributed by atoms with E-state index in [1.54, 1.807) is 10.5 Å². The van der Waals surface area contributed by atoms with Gasteiger partial charge in [-0.2, -0.15) is 4.31 Å². The molecule has 1 aromatic rings. The second-order valence-electron chi connectivity index (χ2n) is 6.92. The van der Waals surface area contributed by atoms with Gasteiger partial charge in [-0.25, -0.2) is 8.42 Å². The zero-order chi connectivity index (χ0) is 17.2. The molecule has 0 amide bonds. The van der Waals surface area contributed by atoms with Crippen molar-refractivity contribution in [1.29, 1.82) is 0 Å². The molecule has 0 N–H and O–H groups in total. The maximum absolute atomic E-state index is 13.1. The molecule has 0 atom stereocenters. The van der Waals surface area contributed by atoms with Crippen molar-refractivity contribution in [2.24, 2.45) is 0 Å². The second kappa shape index (κ2) is 7.37. The van der Waals surface area contributed by atoms with E-state index in [0.717, 1.165) is 51.1 Å². The van der Waals surface area contributed by atoms with E-state index in [9.17, 15) is 8.42 Å². The standard InChI is InChI=1S/C17H28N4O2S/c1-15(2)19-10-12-20(13-11-19)16-6-7-18-14-17(16)24(22,23)21-8-4-3-5-9-21/h6-7,14-15H,3-5,8-13H2,1-2H3. The number of anilines is 1. The average molecular weight is 353 g/mol. The van der Waals surface area contributed by atoms with E-state index >= 15 is 0 Å². The molecule has 0 aliphatic carbocycles. The first-order valence-electron chi connectivity index (χ1n) is 8.93. The van der Waals surface area contributed by atoms with Gasteiger partial charge in [0.1, 0.15) is 4.90 Å². The number of sulfonamides is 1. The zero-order valence-corrected chi connectivity index (χ0v) is 15.5. The monoisotopic (exact) mass is 352 g/mol. The maximum Gasteiger partial charge on any atom is 0.246 e. The molecule has 2 aliphatic rings. The van der Waals surface area contributed by atoms with E-state index < -0.39 is 10.0 Å². The number of nitrogens with zero attached hydrogens (tertiary/aromatic N) is 4. The summed E-state index contributed by atoms with van der Waals surface area (Å²) in [6, 6.07) is 2.38. The third kappa shape index (κ3) is 3.58. The van der Waals surface area contributed by atoms with Crippen LogP contribution in [0.3, 0.4) is 0 Å². The van der Waals surface area contributed by atoms with Gasteiger partial charge in [0.25, 0.3) is 0 Å². The Kier molecular flexibility index (Phi) is 5.42. The van der Waals surface area contributed by atoms with Crippen molar-refractivity contribution < 1.29 is 8.42 Å². The smallest absolute Gasteiger partial charge is 0.246 e. The predicted octanol–water partition coefficient (Wildman–Crippen LogP) is 1.79. The Morgan fingerprint density at radius 3 is 2.29 bits per heavy atom. The van der Waals surface area contributed by atoms with Crippen LogP contribution >= 0.6 is 0 Å². The minimum Gasteiger partial charge on any atom is -0.368 e. The van der Waals surface area contributed by atoms with E-state index in [1.165, 1.54) is 6.20 Å². The summed E-state index contributed by atoms with van der Waals surface area (Å²) in [5.74, 6) is 0. The Labute approximate surface area is 145 Å². The van der Waals surface area contributed by atoms with Crippen LogP contribution in [0, 0.1) is 0 Å². The van der Waals surface area contributed by atoms with Crippen molar-refractivity contribution in [3.05, 3.63) is 18.5 Å². The largest absolute Gasteiger partial charge is 0.368 e. The molecule has 2 fully saturated rings. The molecule has 0 spiro atoms. The highest BCUT2D eigenvalue weighted by molar-refractivity contribution is 7.89. The summed E-state index contributed by atoms with van der Waals surface area (Å²) in [6.45, 7) is 9.28. The molecule has 2 aliphatic heterocycles. The van der Waals surface area contributed by atoms with Gasteiger partial charge in [0, 0.05) is 57.7 Å². The van der Waals surface area contributed by atoms with Crippen LogP contribution in [0.2, 0.25) is 0 Å². The summed E-state index contributed by atoms with van der Waals surface area (Å²) >= 11 is 0. The van der Waals surface area contributed by atoms with E-state index in [2.05, 4.69) is 28.6 Å². The minimum absolute atomic E-state index is 0.366. The summed E-state index contributed by atoms with van der Waals surface area (Å²) in [6.07, 6.45) is 6.22. The van der Waals surface area contributed by atoms with Crippen molar-refractivity contribution in [3.63, 3.8) is 0 Å². The molecule has 0 saturated carbocycles. The lowest BCUT2D eigenvalue weighted by atomic mass is 10.2. The summed E-state index contributed by atoms with van der Waals surface area (Å²) in [5, 5.41) is 0. The van der Waals surface area contributed by atoms with Crippen molar-refractivity contribution in [1.82, 2.24) is 14.2 Å². The molecule has 1 aromatic heterocycles. The van der Waals surface area contributed by atoms with Crippen LogP contribution < -0.4 is 4.90 Å². The highest BCUT2D eigenvalue weighted by atomic mass is 32.2. The highest BCUT2D eigenvalue weighted by Crippen LogP contribution is 2.29. The summed E-state index contributed by atoms with van der Waals surface area (Å²) in [4.78, 5) is 9.09. The van der Waals surface area contributed by atoms with Crippen LogP contribution in [0.4, 0.5) is 5.69 Å². The Balaban J connectivity index is 1.83. The number of aromatic nitrogens is 1. The zero-order valence-electron chi connectivity index (χ0n) is 14.7. The number of pyridine rings is 1. The molecule has 24 heavy (non-hydrogen) atoms. The van der Waals surface area contributed by atoms with Crippen molar-refractivity contribution in [2.45, 2.75) is 44.0 Å². The van der Waals surface area contributed by atoms with Gasteiger partial charge in [0.15, 0.2) is 0 Å². The summed E-state index contributed by atoms with van der Waals surface area (Å²) in [7, 11) is -3.46. The van der Waals surface area contributed by atoms with E-state index in [-0.39, 0.29) is 0 Å². The Morgan fingerprint density at radius 2 is 1.67 bits per heavy atom. The molecular formula is C17H28N4O2S. The first-order chi connectivity index (χ1) is 11.5. The van der Waals surface area contributed by atoms with E-state index in [0.29, 0.717) is 24.0 Å². The van der Waals surface area contributed by atoms with Gasteiger partial charge in [0.2, 0.25) is 10.0 Å². The predicted molar refractivity (Wildman–Crippen MR) is 95.8 cm³/mol. The van der Waals surface area contributed by atoms with Gasteiger partial charge in [-0.05, 0) is 32.8 Å². The van der Waals surface area contributed by atoms with Gasteiger partial charge in [-0.15, -0.1) is 0 Å². The molecule has 2 saturated heterocycles. The topological polar surface area (TPSA) is 56.8 Å². The van der Waals surface area contributed by atoms with Crippen LogP contribution in [0.25, 0.3) is 0 Å². The molecular weight excluding hydrogens is 324 g/mol. The molecule has 134 valence electrons. The number of piperidine rings is 1. The van der Waals surface area contributed by atoms with Gasteiger partial charge < -0.3 is 4.90 Å². The Bertz CT molecular complexity index is 648. The van der Waals surface area contributed by atoms with Crippen LogP contribution in [-0.4, -0.2) is 67.9 Å². The molecule has 3 heterocycles. The lowest BCUT2D eigenvalue weighted by Gasteiger charge is -2.39. The van der Waals surface area contributed by atoms with E-state index in [1.807, 2.05) is 6.07 Å². The molecule has 0 unspecified atom stereocenters. The second-order valence-corrected chi connectivity index (χ2v) is 8.83. The first kappa shape index (κ1) is 17.6. The lowest BCUT2D eigenvalue weighted by Crippen LogP contribution is -2.49. The van der Waals surface area contributed by atoms with Gasteiger partial charge in [0.05, 0.1) is 5.69 Å². The highest BCUT2D eigenvalue weighted by Gasteiger charge is 2.31. The van der Waals surface area contributed by atoms with Crippen LogP contribution in [0.5, 0.6) is 0 Å². The lowest BCUT2D eigenvalue weighted by molar-refractivity contribution is 0.209. The molecule has 0 bridgehead atoms. The average Bonchev–Trinajstić information content (AvgIpc) is 2.62. The fourth-order valence-corrected chi connectivity index (χ4v) is 5.23. The van der Waals surface area contributed by atoms with Crippen LogP contribution in [0.15, 0.2) is 23.4 Å². The molecule has 7 heteroatoms. The Morgan fingerprint density at radius 1 is 1.00 bits per heavy atom. The third-order valence-electron chi connectivity index (χ3n) is 5.08. The third-order valence-corrected chi connectivity index (χ3v) is 7.00. The number of rotatable bonds is 4. The summed E-state index contributed by atoms with van der Waals surface area (Å²) < 4.78 is 27.8. The SMILES string of the molecule is CC(C)N1CCN(c2ccncc2S(=O)(=O)N2CCCCC2)CC1. The van der Waals surface area contributed by atoms with Crippen LogP contribution in [-0.2, 0) is 10.0 Å². The fourth-order valence-electron chi connectivity index (χ4n) is 3.56. The van der Waals surface area contributed by atoms with Crippen molar-refractivity contribution in [2.75, 3.05) is 44.2 Å². The molecule has 0 aromatic carbocycles. The van der Waals surface area contributed by atoms with Crippen molar-refractivity contribution >= 4 is 15.7 Å². The normalized spacial score (nSPS) is 21.4. The van der Waals surface area contributed by atoms with Crippen LogP contribution in [0.1, 0.15) is 33.1 Å². The van der Waals surface area contributed by atoms with Gasteiger partial charge in [-0.1, -0.05) is 6.42 Å². The molecule has 3 rings (SSSR count).